The van der Waals surface area contributed by atoms with Crippen LogP contribution in [0.15, 0.2) is 71.6 Å². The molecule has 0 saturated carbocycles. The number of sulfonamides is 1. The highest BCUT2D eigenvalue weighted by molar-refractivity contribution is 7.93. The number of anilines is 1. The summed E-state index contributed by atoms with van der Waals surface area (Å²) in [6, 6.07) is 17.3. The Bertz CT molecular complexity index is 1110. The number of hydrogen-bond donors (Lipinski definition) is 2. The smallest absolute Gasteiger partial charge is 0.266 e. The molecule has 8 heteroatoms. The molecular formula is C20H20N2O5S. The minimum absolute atomic E-state index is 0.0339. The molecule has 1 amide bonds. The number of nitrogens with zero attached hydrogens (tertiary/aromatic N) is 1. The number of carbonyl (C=O) groups is 1. The van der Waals surface area contributed by atoms with E-state index in [1.54, 1.807) is 30.3 Å². The molecular weight excluding hydrogens is 380 g/mol. The summed E-state index contributed by atoms with van der Waals surface area (Å²) in [5.41, 5.74) is 1.76. The van der Waals surface area contributed by atoms with Crippen molar-refractivity contribution in [3.63, 3.8) is 0 Å². The molecule has 28 heavy (non-hydrogen) atoms. The Morgan fingerprint density at radius 3 is 2.43 bits per heavy atom. The van der Waals surface area contributed by atoms with Crippen molar-refractivity contribution in [3.05, 3.63) is 66.7 Å². The van der Waals surface area contributed by atoms with Gasteiger partial charge in [-0.15, -0.1) is 0 Å². The van der Waals surface area contributed by atoms with Gasteiger partial charge in [0, 0.05) is 6.07 Å². The average Bonchev–Trinajstić information content (AvgIpc) is 2.72. The number of ether oxygens (including phenoxy) is 1. The summed E-state index contributed by atoms with van der Waals surface area (Å²) in [6.07, 6.45) is 0. The first kappa shape index (κ1) is 19.7. The van der Waals surface area contributed by atoms with Gasteiger partial charge < -0.3 is 4.74 Å². The summed E-state index contributed by atoms with van der Waals surface area (Å²) in [6.45, 7) is 1.39. The Balaban J connectivity index is 2.17. The van der Waals surface area contributed by atoms with Crippen molar-refractivity contribution in [1.29, 1.82) is 0 Å². The van der Waals surface area contributed by atoms with Crippen molar-refractivity contribution in [2.24, 2.45) is 0 Å². The number of benzene rings is 3. The first-order valence-corrected chi connectivity index (χ1v) is 9.93. The molecule has 0 radical (unpaired) electrons. The highest BCUT2D eigenvalue weighted by Gasteiger charge is 2.33. The van der Waals surface area contributed by atoms with E-state index in [4.69, 9.17) is 9.94 Å². The number of amides is 1. The fraction of sp³-hybridized carbons (Fsp3) is 0.150. The molecule has 0 heterocycles. The SMILES string of the molecule is COc1cccc(N(C(C)C(=O)NO)S(=O)(=O)c2ccc3ccccc3c2)c1. The second-order valence-electron chi connectivity index (χ2n) is 6.16. The van der Waals surface area contributed by atoms with Gasteiger partial charge in [-0.05, 0) is 42.0 Å². The molecule has 0 aliphatic carbocycles. The summed E-state index contributed by atoms with van der Waals surface area (Å²) in [5, 5.41) is 10.7. The van der Waals surface area contributed by atoms with Gasteiger partial charge in [-0.3, -0.25) is 14.3 Å². The monoisotopic (exact) mass is 400 g/mol. The number of nitrogens with one attached hydrogen (secondary N) is 1. The molecule has 0 aliphatic heterocycles. The maximum atomic E-state index is 13.5. The molecule has 0 aliphatic rings. The Morgan fingerprint density at radius 2 is 1.75 bits per heavy atom. The molecule has 3 aromatic rings. The second-order valence-corrected chi connectivity index (χ2v) is 7.98. The number of rotatable bonds is 6. The van der Waals surface area contributed by atoms with Crippen LogP contribution in [0.5, 0.6) is 5.75 Å². The maximum Gasteiger partial charge on any atom is 0.266 e. The van der Waals surface area contributed by atoms with Crippen LogP contribution >= 0.6 is 0 Å². The van der Waals surface area contributed by atoms with E-state index in [0.717, 1.165) is 15.1 Å². The van der Waals surface area contributed by atoms with Crippen LogP contribution in [0, 0.1) is 0 Å². The summed E-state index contributed by atoms with van der Waals surface area (Å²) in [7, 11) is -2.66. The quantitative estimate of drug-likeness (QED) is 0.490. The fourth-order valence-electron chi connectivity index (χ4n) is 2.96. The van der Waals surface area contributed by atoms with Crippen LogP contribution in [0.3, 0.4) is 0 Å². The van der Waals surface area contributed by atoms with Crippen LogP contribution in [0.2, 0.25) is 0 Å². The van der Waals surface area contributed by atoms with Gasteiger partial charge in [0.05, 0.1) is 17.7 Å². The summed E-state index contributed by atoms with van der Waals surface area (Å²) in [4.78, 5) is 12.1. The van der Waals surface area contributed by atoms with Gasteiger partial charge in [-0.25, -0.2) is 13.9 Å². The van der Waals surface area contributed by atoms with Crippen LogP contribution in [0.1, 0.15) is 6.92 Å². The molecule has 3 rings (SSSR count). The number of hydroxylamine groups is 1. The van der Waals surface area contributed by atoms with Crippen LogP contribution in [-0.4, -0.2) is 32.7 Å². The maximum absolute atomic E-state index is 13.5. The predicted molar refractivity (Wildman–Crippen MR) is 106 cm³/mol. The normalized spacial score (nSPS) is 12.4. The van der Waals surface area contributed by atoms with E-state index in [1.807, 2.05) is 24.3 Å². The van der Waals surface area contributed by atoms with Crippen LogP contribution in [0.25, 0.3) is 10.8 Å². The zero-order valence-corrected chi connectivity index (χ0v) is 16.2. The molecule has 1 atom stereocenters. The minimum atomic E-state index is -4.12. The van der Waals surface area contributed by atoms with Gasteiger partial charge in [0.2, 0.25) is 0 Å². The van der Waals surface area contributed by atoms with Gasteiger partial charge in [-0.1, -0.05) is 36.4 Å². The molecule has 2 N–H and O–H groups in total. The average molecular weight is 400 g/mol. The molecule has 1 unspecified atom stereocenters. The van der Waals surface area contributed by atoms with E-state index in [0.29, 0.717) is 5.75 Å². The van der Waals surface area contributed by atoms with Gasteiger partial charge in [0.15, 0.2) is 0 Å². The standard InChI is InChI=1S/C20H20N2O5S/c1-14(20(23)21-24)22(17-8-5-9-18(13-17)27-2)28(25,26)19-11-10-15-6-3-4-7-16(15)12-19/h3-14,24H,1-2H3,(H,21,23). The lowest BCUT2D eigenvalue weighted by Gasteiger charge is -2.29. The molecule has 0 aromatic heterocycles. The highest BCUT2D eigenvalue weighted by atomic mass is 32.2. The number of methoxy groups -OCH3 is 1. The molecule has 3 aromatic carbocycles. The number of carbonyl (C=O) groups excluding carboxylic acids is 1. The fourth-order valence-corrected chi connectivity index (χ4v) is 4.61. The lowest BCUT2D eigenvalue weighted by Crippen LogP contribution is -2.47. The van der Waals surface area contributed by atoms with E-state index in [2.05, 4.69) is 0 Å². The zero-order chi connectivity index (χ0) is 20.3. The van der Waals surface area contributed by atoms with E-state index >= 15 is 0 Å². The highest BCUT2D eigenvalue weighted by Crippen LogP contribution is 2.30. The molecule has 0 spiro atoms. The van der Waals surface area contributed by atoms with Crippen LogP contribution < -0.4 is 14.5 Å². The molecule has 0 saturated heterocycles. The second kappa shape index (κ2) is 7.87. The predicted octanol–water partition coefficient (Wildman–Crippen LogP) is 2.94. The van der Waals surface area contributed by atoms with Crippen molar-refractivity contribution in [3.8, 4) is 5.75 Å². The van der Waals surface area contributed by atoms with Crippen molar-refractivity contribution in [2.45, 2.75) is 17.9 Å². The first-order chi connectivity index (χ1) is 13.4. The number of hydrogen-bond acceptors (Lipinski definition) is 5. The molecule has 0 fully saturated rings. The van der Waals surface area contributed by atoms with E-state index in [1.165, 1.54) is 31.6 Å². The first-order valence-electron chi connectivity index (χ1n) is 8.49. The summed E-state index contributed by atoms with van der Waals surface area (Å²) >= 11 is 0. The van der Waals surface area contributed by atoms with E-state index < -0.39 is 22.0 Å². The topological polar surface area (TPSA) is 95.9 Å². The third kappa shape index (κ3) is 3.64. The van der Waals surface area contributed by atoms with Crippen molar-refractivity contribution in [1.82, 2.24) is 5.48 Å². The molecule has 146 valence electrons. The Hall–Kier alpha value is -3.10. The van der Waals surface area contributed by atoms with Crippen molar-refractivity contribution >= 4 is 32.4 Å². The Kier molecular flexibility index (Phi) is 5.53. The summed E-state index contributed by atoms with van der Waals surface area (Å²) < 4.78 is 33.1. The van der Waals surface area contributed by atoms with Gasteiger partial charge in [0.1, 0.15) is 11.8 Å². The van der Waals surface area contributed by atoms with Crippen LogP contribution in [-0.2, 0) is 14.8 Å². The third-order valence-corrected chi connectivity index (χ3v) is 6.32. The van der Waals surface area contributed by atoms with Gasteiger partial charge >= 0.3 is 0 Å². The van der Waals surface area contributed by atoms with Crippen molar-refractivity contribution in [2.75, 3.05) is 11.4 Å². The minimum Gasteiger partial charge on any atom is -0.497 e. The van der Waals surface area contributed by atoms with Crippen LogP contribution in [0.4, 0.5) is 5.69 Å². The number of fused-ring (bicyclic) bond motifs is 1. The molecule has 0 bridgehead atoms. The lowest BCUT2D eigenvalue weighted by atomic mass is 10.1. The zero-order valence-electron chi connectivity index (χ0n) is 15.4. The largest absolute Gasteiger partial charge is 0.497 e. The Labute approximate surface area is 163 Å². The van der Waals surface area contributed by atoms with E-state index in [-0.39, 0.29) is 10.6 Å². The van der Waals surface area contributed by atoms with Crippen molar-refractivity contribution < 1.29 is 23.2 Å². The molecule has 7 nitrogen and oxygen atoms in total. The Morgan fingerprint density at radius 1 is 1.04 bits per heavy atom. The summed E-state index contributed by atoms with van der Waals surface area (Å²) in [5.74, 6) is -0.417. The van der Waals surface area contributed by atoms with Gasteiger partial charge in [0.25, 0.3) is 15.9 Å². The van der Waals surface area contributed by atoms with Gasteiger partial charge in [-0.2, -0.15) is 0 Å². The lowest BCUT2D eigenvalue weighted by molar-refractivity contribution is -0.129. The third-order valence-electron chi connectivity index (χ3n) is 4.43. The van der Waals surface area contributed by atoms with E-state index in [9.17, 15) is 13.2 Å².